The van der Waals surface area contributed by atoms with E-state index in [0.29, 0.717) is 43.9 Å². The molecule has 0 bridgehead atoms. The molecule has 5 rings (SSSR count). The van der Waals surface area contributed by atoms with Gasteiger partial charge in [0.1, 0.15) is 12.1 Å². The van der Waals surface area contributed by atoms with E-state index in [1.54, 1.807) is 27.8 Å². The van der Waals surface area contributed by atoms with Crippen molar-refractivity contribution in [3.8, 4) is 11.4 Å². The number of carbonyl (C=O) groups excluding carboxylic acids is 2. The Hall–Kier alpha value is -3.95. The fourth-order valence-corrected chi connectivity index (χ4v) is 4.72. The number of hydrogen-bond acceptors (Lipinski definition) is 4. The largest absolute Gasteiger partial charge is 0.435 e. The minimum atomic E-state index is -2.91. The van der Waals surface area contributed by atoms with Crippen molar-refractivity contribution in [2.45, 2.75) is 31.4 Å². The van der Waals surface area contributed by atoms with Crippen LogP contribution in [0.3, 0.4) is 0 Å². The summed E-state index contributed by atoms with van der Waals surface area (Å²) in [5.41, 5.74) is 2.29. The summed E-state index contributed by atoms with van der Waals surface area (Å²) in [5.74, 6) is 0.373. The molecule has 0 atom stereocenters. The van der Waals surface area contributed by atoms with Crippen molar-refractivity contribution < 1.29 is 23.1 Å². The summed E-state index contributed by atoms with van der Waals surface area (Å²) in [5, 5.41) is 5.95. The standard InChI is InChI=1S/C24H23F2N5O3/c25-22(26)34-18-6-3-5-17(13-18)31-14-20(27-15-31)28-23(33)30-10-8-24(9-11-30)19-7-2-1-4-16(19)12-21(32)29-24/h1-7,13-15,22H,8-12H2,(H,28,33)(H,29,32). The molecule has 176 valence electrons. The van der Waals surface area contributed by atoms with E-state index >= 15 is 0 Å². The summed E-state index contributed by atoms with van der Waals surface area (Å²) in [4.78, 5) is 31.0. The lowest BCUT2D eigenvalue weighted by molar-refractivity contribution is -0.124. The van der Waals surface area contributed by atoms with Crippen LogP contribution < -0.4 is 15.4 Å². The molecular weight excluding hydrogens is 444 g/mol. The first kappa shape index (κ1) is 21.9. The van der Waals surface area contributed by atoms with E-state index < -0.39 is 12.2 Å². The van der Waals surface area contributed by atoms with Gasteiger partial charge in [-0.05, 0) is 36.1 Å². The molecule has 2 aliphatic heterocycles. The lowest BCUT2D eigenvalue weighted by atomic mass is 9.76. The molecular formula is C24H23F2N5O3. The average Bonchev–Trinajstić information content (AvgIpc) is 3.28. The second kappa shape index (κ2) is 8.77. The van der Waals surface area contributed by atoms with Crippen molar-refractivity contribution in [3.63, 3.8) is 0 Å². The number of rotatable bonds is 4. The maximum atomic E-state index is 12.8. The number of hydrogen-bond donors (Lipinski definition) is 2. The molecule has 0 radical (unpaired) electrons. The molecule has 1 fully saturated rings. The molecule has 2 aliphatic rings. The monoisotopic (exact) mass is 467 g/mol. The number of alkyl halides is 2. The fourth-order valence-electron chi connectivity index (χ4n) is 4.72. The van der Waals surface area contributed by atoms with E-state index in [0.717, 1.165) is 11.1 Å². The molecule has 0 unspecified atom stereocenters. The van der Waals surface area contributed by atoms with Gasteiger partial charge in [0.25, 0.3) is 0 Å². The molecule has 3 amide bonds. The van der Waals surface area contributed by atoms with Gasteiger partial charge in [-0.15, -0.1) is 0 Å². The number of nitrogens with one attached hydrogen (secondary N) is 2. The highest BCUT2D eigenvalue weighted by Crippen LogP contribution is 2.37. The zero-order valence-corrected chi connectivity index (χ0v) is 18.2. The van der Waals surface area contributed by atoms with Crippen molar-refractivity contribution in [3.05, 3.63) is 72.2 Å². The van der Waals surface area contributed by atoms with E-state index in [2.05, 4.69) is 26.4 Å². The van der Waals surface area contributed by atoms with E-state index in [1.807, 2.05) is 18.2 Å². The Labute approximate surface area is 194 Å². The predicted octanol–water partition coefficient (Wildman–Crippen LogP) is 3.67. The first-order valence-corrected chi connectivity index (χ1v) is 11.0. The van der Waals surface area contributed by atoms with Crippen LogP contribution in [0.4, 0.5) is 19.4 Å². The number of likely N-dealkylation sites (tertiary alicyclic amines) is 1. The number of urea groups is 1. The number of halogens is 2. The predicted molar refractivity (Wildman–Crippen MR) is 120 cm³/mol. The van der Waals surface area contributed by atoms with E-state index in [4.69, 9.17) is 0 Å². The van der Waals surface area contributed by atoms with Crippen molar-refractivity contribution >= 4 is 17.8 Å². The molecule has 0 aliphatic carbocycles. The zero-order valence-electron chi connectivity index (χ0n) is 18.2. The molecule has 1 aromatic heterocycles. The Morgan fingerprint density at radius 2 is 1.94 bits per heavy atom. The number of ether oxygens (including phenoxy) is 1. The van der Waals surface area contributed by atoms with Crippen LogP contribution >= 0.6 is 0 Å². The summed E-state index contributed by atoms with van der Waals surface area (Å²) < 4.78 is 31.0. The number of aromatic nitrogens is 2. The summed E-state index contributed by atoms with van der Waals surface area (Å²) in [6.45, 7) is -1.95. The third-order valence-electron chi connectivity index (χ3n) is 6.33. The summed E-state index contributed by atoms with van der Waals surface area (Å²) in [7, 11) is 0. The summed E-state index contributed by atoms with van der Waals surface area (Å²) >= 11 is 0. The van der Waals surface area contributed by atoms with Crippen LogP contribution in [-0.2, 0) is 16.8 Å². The molecule has 10 heteroatoms. The SMILES string of the molecule is O=C1Cc2ccccc2C2(CCN(C(=O)Nc3cn(-c4cccc(OC(F)F)c4)cn3)CC2)N1. The van der Waals surface area contributed by atoms with Gasteiger partial charge < -0.3 is 19.5 Å². The number of fused-ring (bicyclic) bond motifs is 2. The van der Waals surface area contributed by atoms with Crippen molar-refractivity contribution in [2.75, 3.05) is 18.4 Å². The summed E-state index contributed by atoms with van der Waals surface area (Å²) in [6.07, 6.45) is 4.70. The Bertz CT molecular complexity index is 1220. The zero-order chi connectivity index (χ0) is 23.7. The lowest BCUT2D eigenvalue weighted by Gasteiger charge is -2.45. The maximum absolute atomic E-state index is 12.8. The molecule has 2 aromatic carbocycles. The Morgan fingerprint density at radius 1 is 1.15 bits per heavy atom. The van der Waals surface area contributed by atoms with Crippen LogP contribution in [0.2, 0.25) is 0 Å². The third kappa shape index (κ3) is 4.30. The Kier molecular flexibility index (Phi) is 5.64. The molecule has 8 nitrogen and oxygen atoms in total. The highest BCUT2D eigenvalue weighted by atomic mass is 19.3. The van der Waals surface area contributed by atoms with Gasteiger partial charge in [-0.3, -0.25) is 10.1 Å². The molecule has 1 saturated heterocycles. The smallest absolute Gasteiger partial charge is 0.387 e. The van der Waals surface area contributed by atoms with Gasteiger partial charge in [0, 0.05) is 19.2 Å². The number of anilines is 1. The van der Waals surface area contributed by atoms with Gasteiger partial charge in [0.15, 0.2) is 5.82 Å². The molecule has 0 saturated carbocycles. The number of piperidine rings is 1. The highest BCUT2D eigenvalue weighted by molar-refractivity contribution is 5.88. The molecule has 2 N–H and O–H groups in total. The van der Waals surface area contributed by atoms with Crippen LogP contribution in [0.15, 0.2) is 61.1 Å². The third-order valence-corrected chi connectivity index (χ3v) is 6.33. The molecule has 3 aromatic rings. The fraction of sp³-hybridized carbons (Fsp3) is 0.292. The Balaban J connectivity index is 1.24. The lowest BCUT2D eigenvalue weighted by Crippen LogP contribution is -2.57. The van der Waals surface area contributed by atoms with Gasteiger partial charge in [-0.2, -0.15) is 8.78 Å². The van der Waals surface area contributed by atoms with E-state index in [1.165, 1.54) is 18.5 Å². The number of imidazole rings is 1. The van der Waals surface area contributed by atoms with Crippen molar-refractivity contribution in [1.29, 1.82) is 0 Å². The van der Waals surface area contributed by atoms with Crippen molar-refractivity contribution in [1.82, 2.24) is 19.8 Å². The van der Waals surface area contributed by atoms with Gasteiger partial charge in [-0.1, -0.05) is 30.3 Å². The van der Waals surface area contributed by atoms with Gasteiger partial charge >= 0.3 is 12.6 Å². The van der Waals surface area contributed by atoms with Gasteiger partial charge in [0.05, 0.1) is 23.8 Å². The number of benzene rings is 2. The van der Waals surface area contributed by atoms with Crippen LogP contribution in [0, 0.1) is 0 Å². The minimum absolute atomic E-state index is 0.00478. The van der Waals surface area contributed by atoms with Gasteiger partial charge in [0.2, 0.25) is 5.91 Å². The first-order chi connectivity index (χ1) is 16.4. The maximum Gasteiger partial charge on any atom is 0.387 e. The molecule has 1 spiro atoms. The average molecular weight is 467 g/mol. The second-order valence-electron chi connectivity index (χ2n) is 8.42. The van der Waals surface area contributed by atoms with Gasteiger partial charge in [-0.25, -0.2) is 9.78 Å². The van der Waals surface area contributed by atoms with Crippen LogP contribution in [0.5, 0.6) is 5.75 Å². The van der Waals surface area contributed by atoms with Crippen LogP contribution in [-0.4, -0.2) is 46.1 Å². The van der Waals surface area contributed by atoms with E-state index in [9.17, 15) is 18.4 Å². The first-order valence-electron chi connectivity index (χ1n) is 11.0. The van der Waals surface area contributed by atoms with Crippen LogP contribution in [0.1, 0.15) is 24.0 Å². The topological polar surface area (TPSA) is 88.5 Å². The normalized spacial score (nSPS) is 16.8. The highest BCUT2D eigenvalue weighted by Gasteiger charge is 2.42. The number of carbonyl (C=O) groups is 2. The van der Waals surface area contributed by atoms with Crippen LogP contribution in [0.25, 0.3) is 5.69 Å². The second-order valence-corrected chi connectivity index (χ2v) is 8.42. The van der Waals surface area contributed by atoms with E-state index in [-0.39, 0.29) is 17.7 Å². The molecule has 34 heavy (non-hydrogen) atoms. The number of nitrogens with zero attached hydrogens (tertiary/aromatic N) is 3. The quantitative estimate of drug-likeness (QED) is 0.613. The van der Waals surface area contributed by atoms with Crippen molar-refractivity contribution in [2.24, 2.45) is 0 Å². The number of amides is 3. The minimum Gasteiger partial charge on any atom is -0.435 e. The summed E-state index contributed by atoms with van der Waals surface area (Å²) in [6, 6.07) is 13.9. The Morgan fingerprint density at radius 3 is 2.74 bits per heavy atom. The molecule has 3 heterocycles.